The van der Waals surface area contributed by atoms with Crippen molar-refractivity contribution in [3.05, 3.63) is 53.3 Å². The SMILES string of the molecule is C#C.C/C(=C/N)C1=NCCCC1.C=C.CNC=O.CNc1cc2c(c3c1CCC3)CCC2. The van der Waals surface area contributed by atoms with Crippen LogP contribution in [0.5, 0.6) is 0 Å². The number of benzene rings is 1. The van der Waals surface area contributed by atoms with E-state index in [-0.39, 0.29) is 0 Å². The Hall–Kier alpha value is -3.00. The van der Waals surface area contributed by atoms with Crippen molar-refractivity contribution >= 4 is 17.8 Å². The van der Waals surface area contributed by atoms with E-state index in [0.717, 1.165) is 18.5 Å². The predicted octanol–water partition coefficient (Wildman–Crippen LogP) is 4.59. The topological polar surface area (TPSA) is 79.5 Å². The van der Waals surface area contributed by atoms with Gasteiger partial charge in [0.15, 0.2) is 0 Å². The van der Waals surface area contributed by atoms with Crippen LogP contribution in [0, 0.1) is 12.8 Å². The highest BCUT2D eigenvalue weighted by Gasteiger charge is 2.23. The van der Waals surface area contributed by atoms with E-state index < -0.39 is 0 Å². The largest absolute Gasteiger partial charge is 0.404 e. The quantitative estimate of drug-likeness (QED) is 0.367. The number of terminal acetylenes is 1. The Morgan fingerprint density at radius 1 is 1.00 bits per heavy atom. The van der Waals surface area contributed by atoms with Crippen LogP contribution in [0.1, 0.15) is 61.3 Å². The number of carbonyl (C=O) groups is 1. The highest BCUT2D eigenvalue weighted by atomic mass is 16.1. The Kier molecular flexibility index (Phi) is 16.0. The van der Waals surface area contributed by atoms with Crippen molar-refractivity contribution in [3.63, 3.8) is 0 Å². The molecule has 4 N–H and O–H groups in total. The average molecular weight is 439 g/mol. The van der Waals surface area contributed by atoms with Crippen LogP contribution in [0.2, 0.25) is 0 Å². The van der Waals surface area contributed by atoms with E-state index >= 15 is 0 Å². The maximum Gasteiger partial charge on any atom is 0.206 e. The second kappa shape index (κ2) is 17.7. The normalized spacial score (nSPS) is 15.2. The number of fused-ring (bicyclic) bond motifs is 3. The first-order chi connectivity index (χ1) is 15.7. The average Bonchev–Trinajstić information content (AvgIpc) is 3.56. The predicted molar refractivity (Wildman–Crippen MR) is 140 cm³/mol. The molecule has 0 spiro atoms. The summed E-state index contributed by atoms with van der Waals surface area (Å²) in [7, 11) is 3.61. The first kappa shape index (κ1) is 29.0. The van der Waals surface area contributed by atoms with Crippen molar-refractivity contribution in [3.8, 4) is 12.8 Å². The Morgan fingerprint density at radius 3 is 2.12 bits per heavy atom. The number of carbonyl (C=O) groups excluding carboxylic acids is 1. The molecule has 3 aliphatic rings. The van der Waals surface area contributed by atoms with Gasteiger partial charge in [-0.15, -0.1) is 26.0 Å². The van der Waals surface area contributed by atoms with E-state index in [1.807, 2.05) is 6.92 Å². The molecule has 32 heavy (non-hydrogen) atoms. The molecular weight excluding hydrogens is 396 g/mol. The van der Waals surface area contributed by atoms with Gasteiger partial charge in [-0.05, 0) is 105 Å². The number of nitrogens with zero attached hydrogens (tertiary/aromatic N) is 1. The van der Waals surface area contributed by atoms with Gasteiger partial charge in [-0.2, -0.15) is 0 Å². The van der Waals surface area contributed by atoms with E-state index in [0.29, 0.717) is 6.41 Å². The number of nitrogens with two attached hydrogens (primary N) is 1. The van der Waals surface area contributed by atoms with E-state index in [9.17, 15) is 0 Å². The van der Waals surface area contributed by atoms with Crippen LogP contribution in [-0.2, 0) is 30.5 Å². The number of allylic oxidation sites excluding steroid dienone is 1. The van der Waals surface area contributed by atoms with Gasteiger partial charge in [-0.3, -0.25) is 9.79 Å². The van der Waals surface area contributed by atoms with E-state index in [4.69, 9.17) is 10.5 Å². The minimum absolute atomic E-state index is 0.625. The third-order valence-corrected chi connectivity index (χ3v) is 5.70. The maximum atomic E-state index is 9.06. The van der Waals surface area contributed by atoms with Gasteiger partial charge in [0, 0.05) is 32.0 Å². The highest BCUT2D eigenvalue weighted by molar-refractivity contribution is 5.99. The summed E-state index contributed by atoms with van der Waals surface area (Å²) in [5, 5.41) is 5.61. The second-order valence-electron chi connectivity index (χ2n) is 7.52. The number of aliphatic imine (C=N–C) groups is 1. The number of amides is 1. The number of rotatable bonds is 3. The van der Waals surface area contributed by atoms with Gasteiger partial charge in [0.1, 0.15) is 0 Å². The van der Waals surface area contributed by atoms with E-state index in [1.165, 1.54) is 62.8 Å². The van der Waals surface area contributed by atoms with Crippen LogP contribution in [0.3, 0.4) is 0 Å². The minimum Gasteiger partial charge on any atom is -0.404 e. The van der Waals surface area contributed by atoms with Crippen molar-refractivity contribution in [1.82, 2.24) is 5.32 Å². The monoisotopic (exact) mass is 438 g/mol. The fraction of sp³-hybridized carbons (Fsp3) is 0.481. The lowest BCUT2D eigenvalue weighted by molar-refractivity contribution is -0.109. The Balaban J connectivity index is 0.000000470. The molecule has 5 nitrogen and oxygen atoms in total. The van der Waals surface area contributed by atoms with Crippen molar-refractivity contribution in [1.29, 1.82) is 0 Å². The van der Waals surface area contributed by atoms with Crippen LogP contribution in [0.4, 0.5) is 5.69 Å². The molecule has 0 saturated heterocycles. The lowest BCUT2D eigenvalue weighted by Crippen LogP contribution is -2.08. The molecule has 0 saturated carbocycles. The molecule has 1 aromatic rings. The van der Waals surface area contributed by atoms with Crippen LogP contribution in [0.25, 0.3) is 0 Å². The summed E-state index contributed by atoms with van der Waals surface area (Å²) < 4.78 is 0. The summed E-state index contributed by atoms with van der Waals surface area (Å²) in [6, 6.07) is 2.40. The molecule has 2 aliphatic carbocycles. The first-order valence-corrected chi connectivity index (χ1v) is 11.4. The third-order valence-electron chi connectivity index (χ3n) is 5.70. The summed E-state index contributed by atoms with van der Waals surface area (Å²) in [5.41, 5.74) is 15.7. The number of hydrogen-bond donors (Lipinski definition) is 3. The van der Waals surface area contributed by atoms with E-state index in [2.05, 4.69) is 54.7 Å². The van der Waals surface area contributed by atoms with Crippen LogP contribution >= 0.6 is 0 Å². The molecule has 0 fully saturated rings. The van der Waals surface area contributed by atoms with Gasteiger partial charge in [-0.1, -0.05) is 0 Å². The van der Waals surface area contributed by atoms with Crippen molar-refractivity contribution in [2.75, 3.05) is 26.0 Å². The zero-order valence-electron chi connectivity index (χ0n) is 20.3. The molecule has 0 radical (unpaired) electrons. The molecule has 0 atom stereocenters. The fourth-order valence-corrected chi connectivity index (χ4v) is 4.24. The number of hydrogen-bond acceptors (Lipinski definition) is 4. The van der Waals surface area contributed by atoms with Gasteiger partial charge in [0.25, 0.3) is 0 Å². The van der Waals surface area contributed by atoms with Crippen molar-refractivity contribution < 1.29 is 4.79 Å². The molecule has 0 unspecified atom stereocenters. The Labute approximate surface area is 195 Å². The summed E-state index contributed by atoms with van der Waals surface area (Å²) in [5.74, 6) is 0. The van der Waals surface area contributed by atoms with Crippen LogP contribution in [0.15, 0.2) is 36.0 Å². The lowest BCUT2D eigenvalue weighted by atomic mass is 9.98. The molecule has 0 aromatic heterocycles. The molecule has 0 bridgehead atoms. The van der Waals surface area contributed by atoms with Crippen molar-refractivity contribution in [2.45, 2.75) is 64.7 Å². The maximum absolute atomic E-state index is 9.06. The summed E-state index contributed by atoms with van der Waals surface area (Å²) in [6.45, 7) is 9.00. The lowest BCUT2D eigenvalue weighted by Gasteiger charge is -2.13. The van der Waals surface area contributed by atoms with E-state index in [1.54, 1.807) is 35.5 Å². The third kappa shape index (κ3) is 8.63. The van der Waals surface area contributed by atoms with Crippen LogP contribution in [-0.4, -0.2) is 32.8 Å². The molecule has 4 rings (SSSR count). The molecular formula is C27H42N4O. The molecule has 1 aromatic carbocycles. The summed E-state index contributed by atoms with van der Waals surface area (Å²) in [4.78, 5) is 13.4. The zero-order valence-corrected chi connectivity index (χ0v) is 20.3. The fourth-order valence-electron chi connectivity index (χ4n) is 4.24. The minimum atomic E-state index is 0.625. The van der Waals surface area contributed by atoms with Gasteiger partial charge in [0.2, 0.25) is 6.41 Å². The van der Waals surface area contributed by atoms with Crippen molar-refractivity contribution in [2.24, 2.45) is 10.7 Å². The van der Waals surface area contributed by atoms with Gasteiger partial charge in [0.05, 0.1) is 0 Å². The summed E-state index contributed by atoms with van der Waals surface area (Å²) in [6.07, 6.45) is 21.9. The Bertz CT molecular complexity index is 778. The first-order valence-electron chi connectivity index (χ1n) is 11.4. The standard InChI is InChI=1S/C13H17N.C8H14N2.C2H5NO.C2H4.C2H2/c1-14-13-8-9-4-2-5-10(9)11-6-3-7-12(11)13;1-7(6-9)8-4-2-3-5-10-8;1-3-2-4;2*1-2/h8,14H,2-7H2,1H3;6H,2-5,9H2,1H3;2H,1H3,(H,3,4);1-2H2;1-2H/b;7-6-;;;. The molecule has 1 aliphatic heterocycles. The Morgan fingerprint density at radius 2 is 1.59 bits per heavy atom. The zero-order chi connectivity index (χ0) is 24.4. The molecule has 5 heteroatoms. The van der Waals surface area contributed by atoms with Gasteiger partial charge in [-0.25, -0.2) is 0 Å². The molecule has 1 heterocycles. The van der Waals surface area contributed by atoms with Gasteiger partial charge < -0.3 is 16.4 Å². The molecule has 1 amide bonds. The second-order valence-corrected chi connectivity index (χ2v) is 7.52. The number of anilines is 1. The highest BCUT2D eigenvalue weighted by Crippen LogP contribution is 2.37. The number of nitrogens with one attached hydrogen (secondary N) is 2. The smallest absolute Gasteiger partial charge is 0.206 e. The van der Waals surface area contributed by atoms with Gasteiger partial charge >= 0.3 is 0 Å². The molecule has 176 valence electrons. The number of aryl methyl sites for hydroxylation is 1. The summed E-state index contributed by atoms with van der Waals surface area (Å²) >= 11 is 0. The van der Waals surface area contributed by atoms with Crippen LogP contribution < -0.4 is 16.4 Å².